The number of esters is 1. The molecule has 4 aromatic rings. The molecular formula is C22H19ClN4O3S3. The molecule has 1 N–H and O–H groups in total. The van der Waals surface area contributed by atoms with Crippen LogP contribution in [0.5, 0.6) is 0 Å². The smallest absolute Gasteiger partial charge is 0.341 e. The number of amides is 1. The lowest BCUT2D eigenvalue weighted by Gasteiger charge is -2.08. The number of anilines is 1. The highest BCUT2D eigenvalue weighted by atomic mass is 35.5. The largest absolute Gasteiger partial charge is 0.465 e. The monoisotopic (exact) mass is 518 g/mol. The first-order valence-electron chi connectivity index (χ1n) is 9.87. The Kier molecular flexibility index (Phi) is 7.49. The fourth-order valence-corrected chi connectivity index (χ4v) is 5.78. The SMILES string of the molecule is CCn1c(SCC(=O)Nc2scc(-c3ccc(Cl)cc3)c2C(=O)OC)nnc1-c1cccs1. The summed E-state index contributed by atoms with van der Waals surface area (Å²) in [5.41, 5.74) is 1.81. The Morgan fingerprint density at radius 2 is 1.97 bits per heavy atom. The number of thioether (sulfide) groups is 1. The van der Waals surface area contributed by atoms with E-state index in [-0.39, 0.29) is 11.7 Å². The number of halogens is 1. The molecule has 0 atom stereocenters. The Labute approximate surface area is 207 Å². The van der Waals surface area contributed by atoms with Crippen molar-refractivity contribution in [2.24, 2.45) is 0 Å². The average molecular weight is 519 g/mol. The van der Waals surface area contributed by atoms with Crippen LogP contribution >= 0.6 is 46.0 Å². The van der Waals surface area contributed by atoms with Crippen molar-refractivity contribution in [1.82, 2.24) is 14.8 Å². The van der Waals surface area contributed by atoms with Crippen molar-refractivity contribution in [3.63, 3.8) is 0 Å². The number of hydrogen-bond donors (Lipinski definition) is 1. The van der Waals surface area contributed by atoms with Gasteiger partial charge in [-0.3, -0.25) is 4.79 Å². The van der Waals surface area contributed by atoms with Gasteiger partial charge in [-0.1, -0.05) is 41.6 Å². The Morgan fingerprint density at radius 3 is 2.64 bits per heavy atom. The van der Waals surface area contributed by atoms with Gasteiger partial charge >= 0.3 is 5.97 Å². The topological polar surface area (TPSA) is 86.1 Å². The van der Waals surface area contributed by atoms with Gasteiger partial charge in [0.1, 0.15) is 10.6 Å². The normalized spacial score (nSPS) is 10.9. The lowest BCUT2D eigenvalue weighted by atomic mass is 10.0. The van der Waals surface area contributed by atoms with E-state index in [1.54, 1.807) is 23.5 Å². The van der Waals surface area contributed by atoms with Crippen molar-refractivity contribution in [2.45, 2.75) is 18.6 Å². The zero-order chi connectivity index (χ0) is 23.4. The third kappa shape index (κ3) is 5.14. The van der Waals surface area contributed by atoms with Gasteiger partial charge in [-0.05, 0) is 36.1 Å². The van der Waals surface area contributed by atoms with Crippen molar-refractivity contribution in [1.29, 1.82) is 0 Å². The van der Waals surface area contributed by atoms with Crippen LogP contribution < -0.4 is 5.32 Å². The molecule has 0 aliphatic carbocycles. The molecule has 0 saturated carbocycles. The number of thiophene rings is 2. The van der Waals surface area contributed by atoms with E-state index < -0.39 is 5.97 Å². The molecule has 4 rings (SSSR count). The van der Waals surface area contributed by atoms with E-state index in [9.17, 15) is 9.59 Å². The maximum absolute atomic E-state index is 12.7. The zero-order valence-electron chi connectivity index (χ0n) is 17.7. The first-order valence-corrected chi connectivity index (χ1v) is 13.0. The van der Waals surface area contributed by atoms with Crippen molar-refractivity contribution in [3.05, 3.63) is 57.7 Å². The van der Waals surface area contributed by atoms with Crippen LogP contribution in [-0.2, 0) is 16.1 Å². The highest BCUT2D eigenvalue weighted by molar-refractivity contribution is 7.99. The van der Waals surface area contributed by atoms with E-state index in [1.807, 2.05) is 46.5 Å². The molecule has 1 amide bonds. The quantitative estimate of drug-likeness (QED) is 0.230. The van der Waals surface area contributed by atoms with Crippen LogP contribution in [0.2, 0.25) is 5.02 Å². The molecule has 11 heteroatoms. The number of carbonyl (C=O) groups is 2. The zero-order valence-corrected chi connectivity index (χ0v) is 20.9. The molecule has 7 nitrogen and oxygen atoms in total. The third-order valence-corrected chi connectivity index (χ3v) is 7.68. The van der Waals surface area contributed by atoms with Crippen LogP contribution in [-0.4, -0.2) is 39.5 Å². The number of nitrogens with zero attached hydrogens (tertiary/aromatic N) is 3. The molecule has 0 aliphatic rings. The standard InChI is InChI=1S/C22H19ClN4O3S3/c1-3-27-19(16-5-4-10-31-16)25-26-22(27)33-12-17(28)24-20-18(21(29)30-2)15(11-32-20)13-6-8-14(23)9-7-13/h4-11H,3,12H2,1-2H3,(H,24,28). The second kappa shape index (κ2) is 10.5. The highest BCUT2D eigenvalue weighted by Crippen LogP contribution is 2.37. The van der Waals surface area contributed by atoms with Gasteiger partial charge in [0.15, 0.2) is 11.0 Å². The van der Waals surface area contributed by atoms with Crippen LogP contribution in [0.15, 0.2) is 52.3 Å². The third-order valence-electron chi connectivity index (χ3n) is 4.70. The van der Waals surface area contributed by atoms with Crippen LogP contribution in [0, 0.1) is 0 Å². The number of ether oxygens (including phenoxy) is 1. The van der Waals surface area contributed by atoms with E-state index in [0.717, 1.165) is 16.3 Å². The number of hydrogen-bond acceptors (Lipinski definition) is 8. The molecule has 33 heavy (non-hydrogen) atoms. The second-order valence-corrected chi connectivity index (χ2v) is 9.92. The van der Waals surface area contributed by atoms with Crippen LogP contribution in [0.3, 0.4) is 0 Å². The van der Waals surface area contributed by atoms with Crippen LogP contribution in [0.4, 0.5) is 5.00 Å². The van der Waals surface area contributed by atoms with Gasteiger partial charge in [0.05, 0.1) is 17.7 Å². The first kappa shape index (κ1) is 23.5. The van der Waals surface area contributed by atoms with Gasteiger partial charge in [-0.2, -0.15) is 0 Å². The Morgan fingerprint density at radius 1 is 1.18 bits per heavy atom. The summed E-state index contributed by atoms with van der Waals surface area (Å²) in [4.78, 5) is 26.2. The molecule has 0 saturated heterocycles. The molecule has 0 fully saturated rings. The Balaban J connectivity index is 1.50. The molecule has 0 aliphatic heterocycles. The number of aromatic nitrogens is 3. The molecule has 0 bridgehead atoms. The van der Waals surface area contributed by atoms with Gasteiger partial charge in [-0.15, -0.1) is 32.9 Å². The molecule has 170 valence electrons. The molecule has 1 aromatic carbocycles. The predicted octanol–water partition coefficient (Wildman–Crippen LogP) is 5.93. The molecule has 0 unspecified atom stereocenters. The van der Waals surface area contributed by atoms with Gasteiger partial charge in [0.25, 0.3) is 0 Å². The minimum atomic E-state index is -0.518. The summed E-state index contributed by atoms with van der Waals surface area (Å²) >= 11 is 10.1. The summed E-state index contributed by atoms with van der Waals surface area (Å²) in [6.07, 6.45) is 0. The number of methoxy groups -OCH3 is 1. The summed E-state index contributed by atoms with van der Waals surface area (Å²) in [5, 5.41) is 16.9. The predicted molar refractivity (Wildman–Crippen MR) is 134 cm³/mol. The van der Waals surface area contributed by atoms with E-state index in [2.05, 4.69) is 15.5 Å². The Bertz CT molecular complexity index is 1270. The molecule has 0 radical (unpaired) electrons. The lowest BCUT2D eigenvalue weighted by molar-refractivity contribution is -0.113. The molecule has 0 spiro atoms. The van der Waals surface area contributed by atoms with E-state index in [0.29, 0.717) is 32.9 Å². The second-order valence-electron chi connectivity index (χ2n) is 6.72. The first-order chi connectivity index (χ1) is 16.0. The maximum Gasteiger partial charge on any atom is 0.341 e. The summed E-state index contributed by atoms with van der Waals surface area (Å²) in [5.74, 6) is 0.139. The molecular weight excluding hydrogens is 500 g/mol. The lowest BCUT2D eigenvalue weighted by Crippen LogP contribution is -2.16. The van der Waals surface area contributed by atoms with Crippen molar-refractivity contribution in [3.8, 4) is 21.8 Å². The van der Waals surface area contributed by atoms with Gasteiger partial charge in [0, 0.05) is 22.5 Å². The molecule has 3 aromatic heterocycles. The summed E-state index contributed by atoms with van der Waals surface area (Å²) in [6.45, 7) is 2.70. The van der Waals surface area contributed by atoms with Crippen LogP contribution in [0.1, 0.15) is 17.3 Å². The number of carbonyl (C=O) groups excluding carboxylic acids is 2. The van der Waals surface area contributed by atoms with Crippen molar-refractivity contribution in [2.75, 3.05) is 18.2 Å². The summed E-state index contributed by atoms with van der Waals surface area (Å²) in [6, 6.07) is 11.1. The number of benzene rings is 1. The minimum Gasteiger partial charge on any atom is -0.465 e. The van der Waals surface area contributed by atoms with E-state index in [4.69, 9.17) is 16.3 Å². The summed E-state index contributed by atoms with van der Waals surface area (Å²) in [7, 11) is 1.32. The minimum absolute atomic E-state index is 0.122. The van der Waals surface area contributed by atoms with Crippen molar-refractivity contribution >= 4 is 62.9 Å². The van der Waals surface area contributed by atoms with Gasteiger partial charge in [-0.25, -0.2) is 4.79 Å². The van der Waals surface area contributed by atoms with Crippen molar-refractivity contribution < 1.29 is 14.3 Å². The van der Waals surface area contributed by atoms with Gasteiger partial charge < -0.3 is 14.6 Å². The summed E-state index contributed by atoms with van der Waals surface area (Å²) < 4.78 is 6.94. The average Bonchev–Trinajstić information content (AvgIpc) is 3.57. The van der Waals surface area contributed by atoms with Crippen LogP contribution in [0.25, 0.3) is 21.8 Å². The van der Waals surface area contributed by atoms with Gasteiger partial charge in [0.2, 0.25) is 5.91 Å². The Hall–Kier alpha value is -2.66. The van der Waals surface area contributed by atoms with E-state index >= 15 is 0 Å². The fraction of sp³-hybridized carbons (Fsp3) is 0.182. The highest BCUT2D eigenvalue weighted by Gasteiger charge is 2.23. The number of rotatable bonds is 8. The van der Waals surface area contributed by atoms with E-state index in [1.165, 1.54) is 30.2 Å². The maximum atomic E-state index is 12.7. The fourth-order valence-electron chi connectivity index (χ4n) is 3.16. The number of nitrogens with one attached hydrogen (secondary N) is 1. The molecule has 3 heterocycles.